The van der Waals surface area contributed by atoms with E-state index in [1.165, 1.54) is 19.3 Å². The minimum Gasteiger partial charge on any atom is -0.491 e. The summed E-state index contributed by atoms with van der Waals surface area (Å²) in [6.45, 7) is 4.95. The predicted molar refractivity (Wildman–Crippen MR) is 86.9 cm³/mol. The molecule has 0 radical (unpaired) electrons. The molecule has 1 fully saturated rings. The molecule has 1 aliphatic rings. The summed E-state index contributed by atoms with van der Waals surface area (Å²) in [6.07, 6.45) is 4.76. The summed E-state index contributed by atoms with van der Waals surface area (Å²) in [4.78, 5) is 4.72. The third-order valence-electron chi connectivity index (χ3n) is 3.89. The standard InChI is InChI=1S/C16H22ClN3O/c1-2-11-21-14-8-6-7-13-16(14)18-15(12-17)20(13)19-9-4-3-5-10-19/h6-8H,2-5,9-12H2,1H3. The van der Waals surface area contributed by atoms with Gasteiger partial charge in [0.15, 0.2) is 0 Å². The van der Waals surface area contributed by atoms with Crippen LogP contribution in [0.4, 0.5) is 0 Å². The Morgan fingerprint density at radius 2 is 2.05 bits per heavy atom. The van der Waals surface area contributed by atoms with Gasteiger partial charge in [0.05, 0.1) is 18.0 Å². The van der Waals surface area contributed by atoms with Crippen molar-refractivity contribution in [1.29, 1.82) is 0 Å². The van der Waals surface area contributed by atoms with Gasteiger partial charge in [-0.25, -0.2) is 9.66 Å². The number of hydrogen-bond acceptors (Lipinski definition) is 3. The molecule has 1 aliphatic heterocycles. The van der Waals surface area contributed by atoms with Crippen molar-refractivity contribution < 1.29 is 4.74 Å². The summed E-state index contributed by atoms with van der Waals surface area (Å²) >= 11 is 6.13. The van der Waals surface area contributed by atoms with E-state index in [0.717, 1.165) is 42.1 Å². The monoisotopic (exact) mass is 307 g/mol. The Bertz CT molecular complexity index is 605. The Balaban J connectivity index is 2.05. The molecule has 3 rings (SSSR count). The molecular formula is C16H22ClN3O. The van der Waals surface area contributed by atoms with Gasteiger partial charge in [-0.3, -0.25) is 0 Å². The Kier molecular flexibility index (Phi) is 4.54. The lowest BCUT2D eigenvalue weighted by Gasteiger charge is -2.31. The van der Waals surface area contributed by atoms with Crippen molar-refractivity contribution in [2.24, 2.45) is 0 Å². The van der Waals surface area contributed by atoms with E-state index in [2.05, 4.69) is 22.7 Å². The highest BCUT2D eigenvalue weighted by Gasteiger charge is 2.19. The third-order valence-corrected chi connectivity index (χ3v) is 4.13. The molecule has 114 valence electrons. The quantitative estimate of drug-likeness (QED) is 0.789. The van der Waals surface area contributed by atoms with Crippen LogP contribution in [0.5, 0.6) is 5.75 Å². The number of halogens is 1. The molecule has 0 spiro atoms. The second kappa shape index (κ2) is 6.56. The highest BCUT2D eigenvalue weighted by atomic mass is 35.5. The molecule has 1 saturated heterocycles. The van der Waals surface area contributed by atoms with Crippen LogP contribution in [0, 0.1) is 0 Å². The molecule has 2 heterocycles. The second-order valence-electron chi connectivity index (χ2n) is 5.46. The maximum absolute atomic E-state index is 6.13. The zero-order valence-corrected chi connectivity index (χ0v) is 13.3. The minimum absolute atomic E-state index is 0.415. The van der Waals surface area contributed by atoms with Gasteiger partial charge >= 0.3 is 0 Å². The van der Waals surface area contributed by atoms with E-state index in [9.17, 15) is 0 Å². The van der Waals surface area contributed by atoms with E-state index in [4.69, 9.17) is 21.3 Å². The summed E-state index contributed by atoms with van der Waals surface area (Å²) in [5.41, 5.74) is 2.02. The molecule has 0 bridgehead atoms. The van der Waals surface area contributed by atoms with Crippen LogP contribution < -0.4 is 9.75 Å². The number of para-hydroxylation sites is 1. The van der Waals surface area contributed by atoms with Crippen LogP contribution in [0.3, 0.4) is 0 Å². The number of aromatic nitrogens is 2. The molecule has 4 nitrogen and oxygen atoms in total. The zero-order chi connectivity index (χ0) is 14.7. The van der Waals surface area contributed by atoms with Crippen molar-refractivity contribution in [3.63, 3.8) is 0 Å². The van der Waals surface area contributed by atoms with Crippen molar-refractivity contribution in [3.05, 3.63) is 24.0 Å². The number of hydrogen-bond donors (Lipinski definition) is 0. The molecule has 0 unspecified atom stereocenters. The molecule has 0 aliphatic carbocycles. The van der Waals surface area contributed by atoms with Crippen LogP contribution in [0.15, 0.2) is 18.2 Å². The van der Waals surface area contributed by atoms with E-state index in [1.807, 2.05) is 12.1 Å². The fourth-order valence-corrected chi connectivity index (χ4v) is 3.09. The Morgan fingerprint density at radius 3 is 2.76 bits per heavy atom. The molecule has 0 atom stereocenters. The molecule has 5 heteroatoms. The normalized spacial score (nSPS) is 15.6. The summed E-state index contributed by atoms with van der Waals surface area (Å²) in [5.74, 6) is 2.18. The van der Waals surface area contributed by atoms with Crippen molar-refractivity contribution in [3.8, 4) is 5.75 Å². The first-order chi connectivity index (χ1) is 10.3. The van der Waals surface area contributed by atoms with E-state index in [0.29, 0.717) is 12.5 Å². The fraction of sp³-hybridized carbons (Fsp3) is 0.562. The van der Waals surface area contributed by atoms with Gasteiger partial charge in [-0.2, -0.15) is 0 Å². The van der Waals surface area contributed by atoms with Crippen LogP contribution in [-0.4, -0.2) is 29.4 Å². The fourth-order valence-electron chi connectivity index (χ4n) is 2.92. The van der Waals surface area contributed by atoms with E-state index >= 15 is 0 Å². The molecule has 0 saturated carbocycles. The molecule has 2 aromatic rings. The maximum atomic E-state index is 6.13. The minimum atomic E-state index is 0.415. The van der Waals surface area contributed by atoms with Crippen LogP contribution in [0.1, 0.15) is 38.4 Å². The van der Waals surface area contributed by atoms with Gasteiger partial charge in [0.25, 0.3) is 0 Å². The number of alkyl halides is 1. The largest absolute Gasteiger partial charge is 0.491 e. The van der Waals surface area contributed by atoms with E-state index < -0.39 is 0 Å². The Hall–Kier alpha value is -1.42. The Labute approximate surface area is 130 Å². The average Bonchev–Trinajstić information content (AvgIpc) is 2.92. The van der Waals surface area contributed by atoms with Crippen molar-refractivity contribution >= 4 is 22.6 Å². The second-order valence-corrected chi connectivity index (χ2v) is 5.73. The van der Waals surface area contributed by atoms with Gasteiger partial charge in [-0.05, 0) is 37.8 Å². The number of ether oxygens (including phenoxy) is 1. The molecule has 1 aromatic carbocycles. The van der Waals surface area contributed by atoms with Gasteiger partial charge in [0.2, 0.25) is 0 Å². The number of imidazole rings is 1. The van der Waals surface area contributed by atoms with Crippen LogP contribution in [0.25, 0.3) is 11.0 Å². The highest BCUT2D eigenvalue weighted by molar-refractivity contribution is 6.16. The summed E-state index contributed by atoms with van der Waals surface area (Å²) in [5, 5.41) is 2.36. The number of fused-ring (bicyclic) bond motifs is 1. The number of benzene rings is 1. The average molecular weight is 308 g/mol. The summed E-state index contributed by atoms with van der Waals surface area (Å²) < 4.78 is 8.03. The first kappa shape index (κ1) is 14.5. The van der Waals surface area contributed by atoms with Crippen molar-refractivity contribution in [1.82, 2.24) is 9.66 Å². The highest BCUT2D eigenvalue weighted by Crippen LogP contribution is 2.28. The lowest BCUT2D eigenvalue weighted by Crippen LogP contribution is -2.39. The first-order valence-electron chi connectivity index (χ1n) is 7.79. The maximum Gasteiger partial charge on any atom is 0.147 e. The first-order valence-corrected chi connectivity index (χ1v) is 8.33. The topological polar surface area (TPSA) is 30.3 Å². The summed E-state index contributed by atoms with van der Waals surface area (Å²) in [7, 11) is 0. The zero-order valence-electron chi connectivity index (χ0n) is 12.5. The van der Waals surface area contributed by atoms with Gasteiger partial charge in [0, 0.05) is 13.1 Å². The molecule has 1 aromatic heterocycles. The Morgan fingerprint density at radius 1 is 1.24 bits per heavy atom. The van der Waals surface area contributed by atoms with Gasteiger partial charge in [-0.15, -0.1) is 11.6 Å². The number of nitrogens with zero attached hydrogens (tertiary/aromatic N) is 3. The van der Waals surface area contributed by atoms with Gasteiger partial charge < -0.3 is 9.75 Å². The van der Waals surface area contributed by atoms with Gasteiger partial charge in [0.1, 0.15) is 17.1 Å². The number of piperidine rings is 1. The lowest BCUT2D eigenvalue weighted by molar-refractivity contribution is 0.320. The lowest BCUT2D eigenvalue weighted by atomic mass is 10.2. The van der Waals surface area contributed by atoms with Crippen LogP contribution in [0.2, 0.25) is 0 Å². The predicted octanol–water partition coefficient (Wildman–Crippen LogP) is 3.69. The smallest absolute Gasteiger partial charge is 0.147 e. The van der Waals surface area contributed by atoms with Crippen LogP contribution in [-0.2, 0) is 5.88 Å². The molecule has 0 amide bonds. The van der Waals surface area contributed by atoms with Crippen LogP contribution >= 0.6 is 11.6 Å². The van der Waals surface area contributed by atoms with Gasteiger partial charge in [-0.1, -0.05) is 13.0 Å². The number of rotatable bonds is 5. The third kappa shape index (κ3) is 2.82. The van der Waals surface area contributed by atoms with E-state index in [-0.39, 0.29) is 0 Å². The SMILES string of the molecule is CCCOc1cccc2c1nc(CCl)n2N1CCCCC1. The molecule has 21 heavy (non-hydrogen) atoms. The molecular weight excluding hydrogens is 286 g/mol. The van der Waals surface area contributed by atoms with Crippen molar-refractivity contribution in [2.75, 3.05) is 24.7 Å². The van der Waals surface area contributed by atoms with E-state index in [1.54, 1.807) is 0 Å². The summed E-state index contributed by atoms with van der Waals surface area (Å²) in [6, 6.07) is 6.13. The molecule has 0 N–H and O–H groups in total. The van der Waals surface area contributed by atoms with Crippen molar-refractivity contribution in [2.45, 2.75) is 38.5 Å².